The zero-order valence-corrected chi connectivity index (χ0v) is 9.37. The number of aryl methyl sites for hydroxylation is 1. The van der Waals surface area contributed by atoms with Gasteiger partial charge in [-0.2, -0.15) is 0 Å². The van der Waals surface area contributed by atoms with Crippen molar-refractivity contribution in [2.24, 2.45) is 0 Å². The van der Waals surface area contributed by atoms with Gasteiger partial charge in [-0.15, -0.1) is 0 Å². The summed E-state index contributed by atoms with van der Waals surface area (Å²) in [6.07, 6.45) is 4.28. The van der Waals surface area contributed by atoms with Crippen LogP contribution in [0.5, 0.6) is 0 Å². The van der Waals surface area contributed by atoms with Crippen molar-refractivity contribution in [2.75, 3.05) is 23.7 Å². The topological polar surface area (TPSA) is 29.3 Å². The van der Waals surface area contributed by atoms with Crippen molar-refractivity contribution in [1.29, 1.82) is 0 Å². The minimum absolute atomic E-state index is 0.850. The summed E-state index contributed by atoms with van der Waals surface area (Å²) in [4.78, 5) is 2.33. The van der Waals surface area contributed by atoms with Crippen LogP contribution in [0.4, 0.5) is 11.4 Å². The molecule has 15 heavy (non-hydrogen) atoms. The molecule has 0 saturated carbocycles. The fourth-order valence-electron chi connectivity index (χ4n) is 2.05. The van der Waals surface area contributed by atoms with Gasteiger partial charge in [0.25, 0.3) is 0 Å². The van der Waals surface area contributed by atoms with Gasteiger partial charge in [0.05, 0.1) is 0 Å². The molecule has 1 aliphatic rings. The lowest BCUT2D eigenvalue weighted by atomic mass is 10.0. The zero-order chi connectivity index (χ0) is 10.7. The molecule has 2 rings (SSSR count). The lowest BCUT2D eigenvalue weighted by Gasteiger charge is -2.30. The van der Waals surface area contributed by atoms with Crippen LogP contribution >= 0.6 is 11.6 Å². The maximum Gasteiger partial charge on any atom is 0.0403 e. The molecule has 1 aromatic carbocycles. The zero-order valence-electron chi connectivity index (χ0n) is 8.62. The molecule has 0 saturated heterocycles. The molecular weight excluding hydrogens is 208 g/mol. The number of hydrogen-bond acceptors (Lipinski definition) is 2. The Hall–Kier alpha value is -1.15. The van der Waals surface area contributed by atoms with Crippen molar-refractivity contribution in [3.63, 3.8) is 0 Å². The van der Waals surface area contributed by atoms with E-state index in [4.69, 9.17) is 17.3 Å². The molecule has 2 N–H and O–H groups in total. The third-order valence-corrected chi connectivity index (χ3v) is 2.91. The van der Waals surface area contributed by atoms with Gasteiger partial charge in [-0.25, -0.2) is 0 Å². The highest BCUT2D eigenvalue weighted by Gasteiger charge is 2.15. The van der Waals surface area contributed by atoms with E-state index in [1.165, 1.54) is 17.7 Å². The minimum Gasteiger partial charge on any atom is -0.399 e. The Labute approximate surface area is 95.3 Å². The van der Waals surface area contributed by atoms with Crippen molar-refractivity contribution >= 4 is 23.0 Å². The van der Waals surface area contributed by atoms with E-state index in [9.17, 15) is 0 Å². The highest BCUT2D eigenvalue weighted by atomic mass is 35.5. The lowest BCUT2D eigenvalue weighted by Crippen LogP contribution is -2.29. The molecule has 0 fully saturated rings. The Morgan fingerprint density at radius 2 is 2.33 bits per heavy atom. The van der Waals surface area contributed by atoms with Crippen LogP contribution in [0.3, 0.4) is 0 Å². The van der Waals surface area contributed by atoms with Gasteiger partial charge in [-0.05, 0) is 36.6 Å². The summed E-state index contributed by atoms with van der Waals surface area (Å²) >= 11 is 5.55. The van der Waals surface area contributed by atoms with E-state index in [1.807, 2.05) is 12.1 Å². The summed E-state index contributed by atoms with van der Waals surface area (Å²) in [6.45, 7) is 1.97. The molecular formula is C12H15ClN2. The first-order chi connectivity index (χ1) is 7.31. The second-order valence-electron chi connectivity index (χ2n) is 3.80. The SMILES string of the molecule is Nc1ccc2c(c1)CCCN2CC=CCl. The average Bonchev–Trinajstić information content (AvgIpc) is 2.25. The smallest absolute Gasteiger partial charge is 0.0403 e. The van der Waals surface area contributed by atoms with Crippen molar-refractivity contribution in [3.05, 3.63) is 35.4 Å². The van der Waals surface area contributed by atoms with E-state index in [0.29, 0.717) is 0 Å². The summed E-state index contributed by atoms with van der Waals surface area (Å²) in [5, 5.41) is 0. The van der Waals surface area contributed by atoms with Crippen molar-refractivity contribution in [3.8, 4) is 0 Å². The van der Waals surface area contributed by atoms with E-state index >= 15 is 0 Å². The Bertz CT molecular complexity index is 374. The van der Waals surface area contributed by atoms with Crippen LogP contribution < -0.4 is 10.6 Å². The van der Waals surface area contributed by atoms with Crippen molar-refractivity contribution in [2.45, 2.75) is 12.8 Å². The number of hydrogen-bond donors (Lipinski definition) is 1. The lowest BCUT2D eigenvalue weighted by molar-refractivity contribution is 0.723. The van der Waals surface area contributed by atoms with Gasteiger partial charge in [0, 0.05) is 30.0 Å². The van der Waals surface area contributed by atoms with Gasteiger partial charge < -0.3 is 10.6 Å². The molecule has 80 valence electrons. The van der Waals surface area contributed by atoms with Crippen LogP contribution in [0, 0.1) is 0 Å². The molecule has 0 aromatic heterocycles. The molecule has 2 nitrogen and oxygen atoms in total. The maximum absolute atomic E-state index is 5.77. The maximum atomic E-state index is 5.77. The van der Waals surface area contributed by atoms with Crippen molar-refractivity contribution < 1.29 is 0 Å². The highest BCUT2D eigenvalue weighted by molar-refractivity contribution is 6.25. The van der Waals surface area contributed by atoms with E-state index < -0.39 is 0 Å². The normalized spacial score (nSPS) is 15.7. The van der Waals surface area contributed by atoms with Gasteiger partial charge >= 0.3 is 0 Å². The first-order valence-corrected chi connectivity index (χ1v) is 5.63. The molecule has 0 bridgehead atoms. The predicted octanol–water partition coefficient (Wildman–Crippen LogP) is 2.77. The highest BCUT2D eigenvalue weighted by Crippen LogP contribution is 2.28. The predicted molar refractivity (Wildman–Crippen MR) is 66.4 cm³/mol. The summed E-state index contributed by atoms with van der Waals surface area (Å²) in [7, 11) is 0. The number of nitrogens with zero attached hydrogens (tertiary/aromatic N) is 1. The molecule has 0 radical (unpaired) electrons. The van der Waals surface area contributed by atoms with Gasteiger partial charge in [0.15, 0.2) is 0 Å². The van der Waals surface area contributed by atoms with E-state index in [0.717, 1.165) is 25.2 Å². The first kappa shape index (κ1) is 10.4. The van der Waals surface area contributed by atoms with Crippen LogP contribution in [-0.4, -0.2) is 13.1 Å². The summed E-state index contributed by atoms with van der Waals surface area (Å²) < 4.78 is 0. The van der Waals surface area contributed by atoms with Crippen molar-refractivity contribution in [1.82, 2.24) is 0 Å². The average molecular weight is 223 g/mol. The third-order valence-electron chi connectivity index (χ3n) is 2.73. The van der Waals surface area contributed by atoms with Gasteiger partial charge in [-0.1, -0.05) is 17.7 Å². The second kappa shape index (κ2) is 4.58. The number of benzene rings is 1. The summed E-state index contributed by atoms with van der Waals surface area (Å²) in [5.41, 5.74) is 10.8. The van der Waals surface area contributed by atoms with E-state index in [2.05, 4.69) is 17.0 Å². The van der Waals surface area contributed by atoms with E-state index in [1.54, 1.807) is 5.54 Å². The van der Waals surface area contributed by atoms with Crippen LogP contribution in [0.15, 0.2) is 29.8 Å². The molecule has 1 heterocycles. The Morgan fingerprint density at radius 1 is 1.47 bits per heavy atom. The van der Waals surface area contributed by atoms with Crippen LogP contribution in [-0.2, 0) is 6.42 Å². The number of halogens is 1. The quantitative estimate of drug-likeness (QED) is 0.780. The number of rotatable bonds is 2. The Morgan fingerprint density at radius 3 is 3.13 bits per heavy atom. The summed E-state index contributed by atoms with van der Waals surface area (Å²) in [6, 6.07) is 6.14. The second-order valence-corrected chi connectivity index (χ2v) is 4.05. The number of nitrogen functional groups attached to an aromatic ring is 1. The Balaban J connectivity index is 2.26. The van der Waals surface area contributed by atoms with Crippen LogP contribution in [0.1, 0.15) is 12.0 Å². The number of anilines is 2. The molecule has 0 unspecified atom stereocenters. The van der Waals surface area contributed by atoms with Gasteiger partial charge in [0.2, 0.25) is 0 Å². The monoisotopic (exact) mass is 222 g/mol. The van der Waals surface area contributed by atoms with Gasteiger partial charge in [-0.3, -0.25) is 0 Å². The minimum atomic E-state index is 0.850. The van der Waals surface area contributed by atoms with Gasteiger partial charge in [0.1, 0.15) is 0 Å². The number of fused-ring (bicyclic) bond motifs is 1. The van der Waals surface area contributed by atoms with Crippen LogP contribution in [0.2, 0.25) is 0 Å². The molecule has 1 aromatic rings. The standard InChI is InChI=1S/C12H15ClN2/c13-6-2-8-15-7-1-3-10-9-11(14)4-5-12(10)15/h2,4-6,9H,1,3,7-8,14H2. The molecule has 0 atom stereocenters. The molecule has 1 aliphatic heterocycles. The molecule has 0 aliphatic carbocycles. The Kier molecular flexibility index (Phi) is 3.17. The first-order valence-electron chi connectivity index (χ1n) is 5.20. The van der Waals surface area contributed by atoms with E-state index in [-0.39, 0.29) is 0 Å². The fourth-order valence-corrected chi connectivity index (χ4v) is 2.13. The molecule has 0 amide bonds. The largest absolute Gasteiger partial charge is 0.399 e. The molecule has 3 heteroatoms. The molecule has 0 spiro atoms. The fraction of sp³-hybridized carbons (Fsp3) is 0.333. The third kappa shape index (κ3) is 2.26. The van der Waals surface area contributed by atoms with Crippen LogP contribution in [0.25, 0.3) is 0 Å². The summed E-state index contributed by atoms with van der Waals surface area (Å²) in [5.74, 6) is 0. The number of nitrogens with two attached hydrogens (primary N) is 1.